The lowest BCUT2D eigenvalue weighted by atomic mass is 10.0. The second-order valence-corrected chi connectivity index (χ2v) is 5.93. The summed E-state index contributed by atoms with van der Waals surface area (Å²) in [7, 11) is 0. The minimum absolute atomic E-state index is 0.0959. The highest BCUT2D eigenvalue weighted by atomic mass is 79.9. The zero-order valence-corrected chi connectivity index (χ0v) is 14.7. The first kappa shape index (κ1) is 17.7. The highest BCUT2D eigenvalue weighted by molar-refractivity contribution is 9.10. The minimum atomic E-state index is -0.310. The van der Waals surface area contributed by atoms with Crippen LogP contribution < -0.4 is 20.9 Å². The summed E-state index contributed by atoms with van der Waals surface area (Å²) in [6.45, 7) is 6.75. The number of benzene rings is 1. The van der Waals surface area contributed by atoms with E-state index in [2.05, 4.69) is 45.9 Å². The van der Waals surface area contributed by atoms with Gasteiger partial charge in [0.05, 0.1) is 4.47 Å². The molecule has 0 aliphatic rings. The smallest absolute Gasteiger partial charge is 0.276 e. The maximum Gasteiger partial charge on any atom is 0.276 e. The lowest BCUT2D eigenvalue weighted by molar-refractivity contribution is -0.123. The number of thiocarbonyl (C=S) groups is 1. The molecule has 0 spiro atoms. The lowest BCUT2D eigenvalue weighted by Crippen LogP contribution is -2.48. The number of hydrogen-bond acceptors (Lipinski definition) is 3. The fraction of sp³-hybridized carbons (Fsp3) is 0.429. The molecule has 1 amide bonds. The Morgan fingerprint density at radius 1 is 1.38 bits per heavy atom. The topological polar surface area (TPSA) is 62.4 Å². The van der Waals surface area contributed by atoms with Crippen LogP contribution in [0.5, 0.6) is 5.75 Å². The molecule has 1 aromatic rings. The molecule has 5 nitrogen and oxygen atoms in total. The number of hydrogen-bond donors (Lipinski definition) is 3. The molecule has 0 bridgehead atoms. The Morgan fingerprint density at radius 2 is 2.10 bits per heavy atom. The van der Waals surface area contributed by atoms with Gasteiger partial charge in [0.1, 0.15) is 5.75 Å². The SMILES string of the molecule is CCNC(=S)NNC(=O)COc1ccc(C(C)C)cc1Br. The van der Waals surface area contributed by atoms with Crippen molar-refractivity contribution in [1.82, 2.24) is 16.2 Å². The van der Waals surface area contributed by atoms with Crippen LogP contribution in [0.2, 0.25) is 0 Å². The van der Waals surface area contributed by atoms with Crippen molar-refractivity contribution in [3.8, 4) is 5.75 Å². The number of amides is 1. The summed E-state index contributed by atoms with van der Waals surface area (Å²) in [5, 5.41) is 3.23. The van der Waals surface area contributed by atoms with Gasteiger partial charge in [0.25, 0.3) is 5.91 Å². The van der Waals surface area contributed by atoms with Gasteiger partial charge in [-0.25, -0.2) is 0 Å². The Labute approximate surface area is 138 Å². The maximum atomic E-state index is 11.6. The Morgan fingerprint density at radius 3 is 2.67 bits per heavy atom. The van der Waals surface area contributed by atoms with Crippen molar-refractivity contribution in [1.29, 1.82) is 0 Å². The molecular formula is C14H20BrN3O2S. The van der Waals surface area contributed by atoms with Crippen LogP contribution in [-0.2, 0) is 4.79 Å². The van der Waals surface area contributed by atoms with E-state index in [9.17, 15) is 4.79 Å². The first-order chi connectivity index (χ1) is 9.93. The molecule has 0 aromatic heterocycles. The van der Waals surface area contributed by atoms with Gasteiger partial charge in [0, 0.05) is 6.54 Å². The molecule has 0 atom stereocenters. The van der Waals surface area contributed by atoms with E-state index < -0.39 is 0 Å². The highest BCUT2D eigenvalue weighted by Gasteiger charge is 2.08. The molecule has 0 fully saturated rings. The molecule has 1 aromatic carbocycles. The normalized spacial score (nSPS) is 10.1. The fourth-order valence-electron chi connectivity index (χ4n) is 1.50. The van der Waals surface area contributed by atoms with E-state index >= 15 is 0 Å². The van der Waals surface area contributed by atoms with Crippen LogP contribution in [0, 0.1) is 0 Å². The molecule has 21 heavy (non-hydrogen) atoms. The summed E-state index contributed by atoms with van der Waals surface area (Å²) in [5.41, 5.74) is 6.25. The summed E-state index contributed by atoms with van der Waals surface area (Å²) in [6, 6.07) is 5.83. The largest absolute Gasteiger partial charge is 0.483 e. The van der Waals surface area contributed by atoms with Crippen LogP contribution in [0.25, 0.3) is 0 Å². The summed E-state index contributed by atoms with van der Waals surface area (Å²) >= 11 is 8.37. The van der Waals surface area contributed by atoms with E-state index in [4.69, 9.17) is 17.0 Å². The van der Waals surface area contributed by atoms with E-state index in [0.717, 1.165) is 4.47 Å². The average Bonchev–Trinajstić information content (AvgIpc) is 2.44. The van der Waals surface area contributed by atoms with Crippen molar-refractivity contribution in [3.63, 3.8) is 0 Å². The molecule has 7 heteroatoms. The van der Waals surface area contributed by atoms with Crippen molar-refractivity contribution in [2.45, 2.75) is 26.7 Å². The standard InChI is InChI=1S/C14H20BrN3O2S/c1-4-16-14(21)18-17-13(19)8-20-12-6-5-10(9(2)3)7-11(12)15/h5-7,9H,4,8H2,1-3H3,(H,17,19)(H2,16,18,21). The van der Waals surface area contributed by atoms with Crippen LogP contribution in [0.1, 0.15) is 32.3 Å². The third-order valence-electron chi connectivity index (χ3n) is 2.63. The number of hydrazine groups is 1. The Bertz CT molecular complexity index is 509. The van der Waals surface area contributed by atoms with Gasteiger partial charge in [0.15, 0.2) is 11.7 Å². The number of carbonyl (C=O) groups excluding carboxylic acids is 1. The Balaban J connectivity index is 2.44. The zero-order chi connectivity index (χ0) is 15.8. The van der Waals surface area contributed by atoms with Crippen LogP contribution in [-0.4, -0.2) is 24.2 Å². The van der Waals surface area contributed by atoms with Crippen LogP contribution >= 0.6 is 28.1 Å². The van der Waals surface area contributed by atoms with Gasteiger partial charge in [-0.2, -0.15) is 0 Å². The number of rotatable bonds is 5. The highest BCUT2D eigenvalue weighted by Crippen LogP contribution is 2.28. The molecule has 0 unspecified atom stereocenters. The first-order valence-corrected chi connectivity index (χ1v) is 7.89. The van der Waals surface area contributed by atoms with Gasteiger partial charge in [-0.15, -0.1) is 0 Å². The van der Waals surface area contributed by atoms with Crippen LogP contribution in [0.3, 0.4) is 0 Å². The zero-order valence-electron chi connectivity index (χ0n) is 12.3. The second-order valence-electron chi connectivity index (χ2n) is 4.67. The van der Waals surface area contributed by atoms with Gasteiger partial charge in [0.2, 0.25) is 0 Å². The van der Waals surface area contributed by atoms with Gasteiger partial charge in [-0.3, -0.25) is 15.6 Å². The van der Waals surface area contributed by atoms with E-state index in [0.29, 0.717) is 23.3 Å². The lowest BCUT2D eigenvalue weighted by Gasteiger charge is -2.13. The minimum Gasteiger partial charge on any atom is -0.483 e. The van der Waals surface area contributed by atoms with Crippen molar-refractivity contribution in [2.24, 2.45) is 0 Å². The van der Waals surface area contributed by atoms with E-state index in [1.165, 1.54) is 5.56 Å². The quantitative estimate of drug-likeness (QED) is 0.546. The molecule has 1 rings (SSSR count). The van der Waals surface area contributed by atoms with E-state index in [1.807, 2.05) is 25.1 Å². The van der Waals surface area contributed by atoms with Gasteiger partial charge >= 0.3 is 0 Å². The average molecular weight is 374 g/mol. The number of nitrogens with one attached hydrogen (secondary N) is 3. The summed E-state index contributed by atoms with van der Waals surface area (Å²) in [6.07, 6.45) is 0. The molecule has 0 saturated carbocycles. The number of ether oxygens (including phenoxy) is 1. The molecule has 116 valence electrons. The van der Waals surface area contributed by atoms with Gasteiger partial charge in [-0.1, -0.05) is 19.9 Å². The first-order valence-electron chi connectivity index (χ1n) is 6.69. The number of carbonyl (C=O) groups is 1. The Kier molecular flexibility index (Phi) is 7.45. The van der Waals surface area contributed by atoms with Crippen molar-refractivity contribution < 1.29 is 9.53 Å². The predicted molar refractivity (Wildman–Crippen MR) is 91.3 cm³/mol. The maximum absolute atomic E-state index is 11.6. The van der Waals surface area contributed by atoms with Gasteiger partial charge in [-0.05, 0) is 58.7 Å². The summed E-state index contributed by atoms with van der Waals surface area (Å²) < 4.78 is 6.29. The van der Waals surface area contributed by atoms with Gasteiger partial charge < -0.3 is 10.1 Å². The monoisotopic (exact) mass is 373 g/mol. The van der Waals surface area contributed by atoms with E-state index in [1.54, 1.807) is 0 Å². The fourth-order valence-corrected chi connectivity index (χ4v) is 2.21. The molecule has 0 heterocycles. The molecule has 3 N–H and O–H groups in total. The Hall–Kier alpha value is -1.34. The van der Waals surface area contributed by atoms with Crippen molar-refractivity contribution in [2.75, 3.05) is 13.2 Å². The summed E-state index contributed by atoms with van der Waals surface area (Å²) in [5.74, 6) is 0.758. The molecular weight excluding hydrogens is 354 g/mol. The predicted octanol–water partition coefficient (Wildman–Crippen LogP) is 2.47. The van der Waals surface area contributed by atoms with Crippen molar-refractivity contribution >= 4 is 39.2 Å². The van der Waals surface area contributed by atoms with Crippen molar-refractivity contribution in [3.05, 3.63) is 28.2 Å². The number of halogens is 1. The van der Waals surface area contributed by atoms with E-state index in [-0.39, 0.29) is 12.5 Å². The molecule has 0 saturated heterocycles. The third kappa shape index (κ3) is 6.31. The third-order valence-corrected chi connectivity index (χ3v) is 3.50. The molecule has 0 aliphatic carbocycles. The molecule has 0 radical (unpaired) electrons. The van der Waals surface area contributed by atoms with Crippen LogP contribution in [0.4, 0.5) is 0 Å². The summed E-state index contributed by atoms with van der Waals surface area (Å²) in [4.78, 5) is 11.6. The van der Waals surface area contributed by atoms with Crippen LogP contribution in [0.15, 0.2) is 22.7 Å². The second kappa shape index (κ2) is 8.84. The molecule has 0 aliphatic heterocycles.